The van der Waals surface area contributed by atoms with Crippen LogP contribution in [0.25, 0.3) is 0 Å². The molecule has 0 atom stereocenters. The van der Waals surface area contributed by atoms with Crippen LogP contribution in [0.4, 0.5) is 5.69 Å². The van der Waals surface area contributed by atoms with Crippen molar-refractivity contribution in [1.82, 2.24) is 15.2 Å². The van der Waals surface area contributed by atoms with Gasteiger partial charge >= 0.3 is 0 Å². The molecule has 0 saturated heterocycles. The van der Waals surface area contributed by atoms with Crippen molar-refractivity contribution in [3.05, 3.63) is 40.9 Å². The number of H-pyrrole nitrogens is 1. The first-order valence-electron chi connectivity index (χ1n) is 5.17. The Morgan fingerprint density at radius 2 is 2.31 bits per heavy atom. The molecule has 0 aliphatic carbocycles. The number of nitrogens with one attached hydrogen (secondary N) is 2. The fourth-order valence-electron chi connectivity index (χ4n) is 1.36. The molecular weight excluding hydrogens is 224 g/mol. The highest BCUT2D eigenvalue weighted by atomic mass is 35.5. The van der Waals surface area contributed by atoms with E-state index >= 15 is 0 Å². The molecule has 84 valence electrons. The van der Waals surface area contributed by atoms with Crippen molar-refractivity contribution in [2.24, 2.45) is 0 Å². The first kappa shape index (κ1) is 11.0. The number of halogens is 1. The molecule has 0 aliphatic rings. The second-order valence-corrected chi connectivity index (χ2v) is 3.85. The summed E-state index contributed by atoms with van der Waals surface area (Å²) < 4.78 is 0. The van der Waals surface area contributed by atoms with E-state index < -0.39 is 0 Å². The van der Waals surface area contributed by atoms with Crippen LogP contribution in [0.15, 0.2) is 24.3 Å². The third kappa shape index (κ3) is 2.73. The molecule has 2 aromatic rings. The fraction of sp³-hybridized carbons (Fsp3) is 0.273. The number of anilines is 1. The molecule has 0 bridgehead atoms. The Bertz CT molecular complexity index is 467. The third-order valence-electron chi connectivity index (χ3n) is 2.18. The molecule has 0 aliphatic heterocycles. The van der Waals surface area contributed by atoms with Gasteiger partial charge in [-0.1, -0.05) is 24.6 Å². The highest BCUT2D eigenvalue weighted by molar-refractivity contribution is 6.30. The van der Waals surface area contributed by atoms with Gasteiger partial charge in [-0.2, -0.15) is 5.10 Å². The van der Waals surface area contributed by atoms with E-state index in [4.69, 9.17) is 11.6 Å². The highest BCUT2D eigenvalue weighted by Crippen LogP contribution is 2.15. The van der Waals surface area contributed by atoms with E-state index in [-0.39, 0.29) is 0 Å². The van der Waals surface area contributed by atoms with Crippen LogP contribution in [0, 0.1) is 0 Å². The summed E-state index contributed by atoms with van der Waals surface area (Å²) >= 11 is 5.88. The predicted octanol–water partition coefficient (Wildman–Crippen LogP) is 2.63. The van der Waals surface area contributed by atoms with Crippen LogP contribution in [-0.2, 0) is 13.0 Å². The van der Waals surface area contributed by atoms with Crippen LogP contribution in [0.2, 0.25) is 5.02 Å². The van der Waals surface area contributed by atoms with Gasteiger partial charge in [0.25, 0.3) is 0 Å². The zero-order valence-electron chi connectivity index (χ0n) is 9.00. The van der Waals surface area contributed by atoms with Crippen molar-refractivity contribution in [2.45, 2.75) is 19.9 Å². The number of aromatic amines is 1. The molecular formula is C11H13ClN4. The van der Waals surface area contributed by atoms with Gasteiger partial charge in [-0.15, -0.1) is 0 Å². The summed E-state index contributed by atoms with van der Waals surface area (Å²) in [5.41, 5.74) is 0.974. The summed E-state index contributed by atoms with van der Waals surface area (Å²) in [5, 5.41) is 10.9. The average molecular weight is 237 g/mol. The standard InChI is InChI=1S/C11H13ClN4/c1-2-10-14-11(16-15-10)7-13-9-5-3-4-8(12)6-9/h3-6,13H,2,7H2,1H3,(H,14,15,16). The lowest BCUT2D eigenvalue weighted by molar-refractivity contribution is 0.939. The lowest BCUT2D eigenvalue weighted by Crippen LogP contribution is -2.01. The Morgan fingerprint density at radius 3 is 3.00 bits per heavy atom. The summed E-state index contributed by atoms with van der Waals surface area (Å²) in [7, 11) is 0. The minimum Gasteiger partial charge on any atom is -0.378 e. The molecule has 0 spiro atoms. The monoisotopic (exact) mass is 236 g/mol. The maximum Gasteiger partial charge on any atom is 0.150 e. The van der Waals surface area contributed by atoms with Gasteiger partial charge in [0.2, 0.25) is 0 Å². The average Bonchev–Trinajstić information content (AvgIpc) is 2.74. The molecule has 1 heterocycles. The minimum absolute atomic E-state index is 0.618. The van der Waals surface area contributed by atoms with E-state index in [9.17, 15) is 0 Å². The Labute approximate surface area is 99.1 Å². The van der Waals surface area contributed by atoms with E-state index in [1.165, 1.54) is 0 Å². The van der Waals surface area contributed by atoms with Gasteiger partial charge in [0.1, 0.15) is 5.82 Å². The molecule has 1 aromatic carbocycles. The van der Waals surface area contributed by atoms with Gasteiger partial charge in [-0.05, 0) is 18.2 Å². The van der Waals surface area contributed by atoms with Crippen LogP contribution in [-0.4, -0.2) is 15.2 Å². The SMILES string of the molecule is CCc1n[nH]c(CNc2cccc(Cl)c2)n1. The molecule has 0 saturated carbocycles. The number of rotatable bonds is 4. The predicted molar refractivity (Wildman–Crippen MR) is 64.5 cm³/mol. The third-order valence-corrected chi connectivity index (χ3v) is 2.41. The number of benzene rings is 1. The molecule has 2 rings (SSSR count). The Hall–Kier alpha value is -1.55. The molecule has 2 N–H and O–H groups in total. The lowest BCUT2D eigenvalue weighted by atomic mass is 10.3. The van der Waals surface area contributed by atoms with E-state index in [0.29, 0.717) is 6.54 Å². The van der Waals surface area contributed by atoms with Gasteiger partial charge < -0.3 is 5.32 Å². The van der Waals surface area contributed by atoms with Crippen molar-refractivity contribution in [2.75, 3.05) is 5.32 Å². The molecule has 0 fully saturated rings. The zero-order chi connectivity index (χ0) is 11.4. The lowest BCUT2D eigenvalue weighted by Gasteiger charge is -2.03. The fourth-order valence-corrected chi connectivity index (χ4v) is 1.55. The first-order chi connectivity index (χ1) is 7.78. The molecule has 0 radical (unpaired) electrons. The van der Waals surface area contributed by atoms with Crippen LogP contribution in [0.3, 0.4) is 0 Å². The van der Waals surface area contributed by atoms with Crippen molar-refractivity contribution in [3.8, 4) is 0 Å². The Balaban J connectivity index is 1.96. The highest BCUT2D eigenvalue weighted by Gasteiger charge is 2.00. The van der Waals surface area contributed by atoms with Crippen LogP contribution in [0.1, 0.15) is 18.6 Å². The van der Waals surface area contributed by atoms with Crippen molar-refractivity contribution in [1.29, 1.82) is 0 Å². The van der Waals surface area contributed by atoms with Gasteiger partial charge in [0.05, 0.1) is 6.54 Å². The van der Waals surface area contributed by atoms with Gasteiger partial charge in [0.15, 0.2) is 5.82 Å². The van der Waals surface area contributed by atoms with E-state index in [2.05, 4.69) is 20.5 Å². The summed E-state index contributed by atoms with van der Waals surface area (Å²) in [4.78, 5) is 4.30. The maximum atomic E-state index is 5.88. The summed E-state index contributed by atoms with van der Waals surface area (Å²) in [6, 6.07) is 7.58. The quantitative estimate of drug-likeness (QED) is 0.858. The van der Waals surface area contributed by atoms with Crippen LogP contribution < -0.4 is 5.32 Å². The summed E-state index contributed by atoms with van der Waals surface area (Å²) in [5.74, 6) is 1.67. The number of nitrogens with zero attached hydrogens (tertiary/aromatic N) is 2. The molecule has 1 aromatic heterocycles. The first-order valence-corrected chi connectivity index (χ1v) is 5.55. The molecule has 0 amide bonds. The van der Waals surface area contributed by atoms with Gasteiger partial charge in [0, 0.05) is 17.1 Å². The Kier molecular flexibility index (Phi) is 3.41. The second-order valence-electron chi connectivity index (χ2n) is 3.42. The second kappa shape index (κ2) is 4.99. The van der Waals surface area contributed by atoms with E-state index in [1.807, 2.05) is 31.2 Å². The zero-order valence-corrected chi connectivity index (χ0v) is 9.75. The van der Waals surface area contributed by atoms with E-state index in [0.717, 1.165) is 28.8 Å². The summed E-state index contributed by atoms with van der Waals surface area (Å²) in [6.07, 6.45) is 0.841. The molecule has 0 unspecified atom stereocenters. The molecule has 4 nitrogen and oxygen atoms in total. The number of aromatic nitrogens is 3. The topological polar surface area (TPSA) is 53.6 Å². The van der Waals surface area contributed by atoms with Crippen molar-refractivity contribution >= 4 is 17.3 Å². The largest absolute Gasteiger partial charge is 0.378 e. The number of hydrogen-bond acceptors (Lipinski definition) is 3. The van der Waals surface area contributed by atoms with Crippen LogP contribution >= 0.6 is 11.6 Å². The Morgan fingerprint density at radius 1 is 1.44 bits per heavy atom. The number of aryl methyl sites for hydroxylation is 1. The smallest absolute Gasteiger partial charge is 0.150 e. The van der Waals surface area contributed by atoms with Crippen molar-refractivity contribution in [3.63, 3.8) is 0 Å². The summed E-state index contributed by atoms with van der Waals surface area (Å²) in [6.45, 7) is 2.64. The number of hydrogen-bond donors (Lipinski definition) is 2. The minimum atomic E-state index is 0.618. The molecule has 16 heavy (non-hydrogen) atoms. The van der Waals surface area contributed by atoms with Crippen molar-refractivity contribution < 1.29 is 0 Å². The van der Waals surface area contributed by atoms with Crippen LogP contribution in [0.5, 0.6) is 0 Å². The maximum absolute atomic E-state index is 5.88. The normalized spacial score (nSPS) is 10.4. The van der Waals surface area contributed by atoms with Gasteiger partial charge in [-0.25, -0.2) is 4.98 Å². The van der Waals surface area contributed by atoms with Gasteiger partial charge in [-0.3, -0.25) is 5.10 Å². The van der Waals surface area contributed by atoms with E-state index in [1.54, 1.807) is 0 Å². The molecule has 5 heteroatoms.